The van der Waals surface area contributed by atoms with Crippen LogP contribution < -0.4 is 0 Å². The number of amides is 1. The summed E-state index contributed by atoms with van der Waals surface area (Å²) in [6, 6.07) is 15.4. The molecule has 1 unspecified atom stereocenters. The van der Waals surface area contributed by atoms with Crippen molar-refractivity contribution < 1.29 is 19.1 Å². The van der Waals surface area contributed by atoms with Crippen LogP contribution >= 0.6 is 11.8 Å². The van der Waals surface area contributed by atoms with Crippen LogP contribution in [0.5, 0.6) is 0 Å². The Balaban J connectivity index is 1.81. The standard InChI is InChI=1S/C19H17FN2O3S/c20-14-6-8-15(9-7-14)21-19-22(11-10-13-4-2-1-3-5-13)18(25)16(26-19)12-17(23)24/h1-9,16H,10-12H2,(H,23,24). The van der Waals surface area contributed by atoms with Gasteiger partial charge >= 0.3 is 5.97 Å². The van der Waals surface area contributed by atoms with Gasteiger partial charge in [-0.3, -0.25) is 14.5 Å². The van der Waals surface area contributed by atoms with Crippen LogP contribution in [0.1, 0.15) is 12.0 Å². The molecular weight excluding hydrogens is 355 g/mol. The van der Waals surface area contributed by atoms with E-state index in [9.17, 15) is 14.0 Å². The van der Waals surface area contributed by atoms with Gasteiger partial charge in [0.1, 0.15) is 11.1 Å². The van der Waals surface area contributed by atoms with E-state index in [0.29, 0.717) is 23.8 Å². The summed E-state index contributed by atoms with van der Waals surface area (Å²) in [5.74, 6) is -1.65. The highest BCUT2D eigenvalue weighted by molar-refractivity contribution is 8.15. The van der Waals surface area contributed by atoms with Gasteiger partial charge in [0.25, 0.3) is 0 Å². The van der Waals surface area contributed by atoms with Crippen molar-refractivity contribution in [2.75, 3.05) is 6.54 Å². The number of carboxylic acids is 1. The molecule has 7 heteroatoms. The van der Waals surface area contributed by atoms with E-state index in [0.717, 1.165) is 17.3 Å². The fourth-order valence-electron chi connectivity index (χ4n) is 2.60. The van der Waals surface area contributed by atoms with Crippen LogP contribution in [-0.4, -0.2) is 38.8 Å². The first-order valence-electron chi connectivity index (χ1n) is 8.11. The normalized spacial score (nSPS) is 18.5. The average Bonchev–Trinajstić information content (AvgIpc) is 2.90. The molecule has 0 radical (unpaired) electrons. The maximum atomic E-state index is 13.1. The summed E-state index contributed by atoms with van der Waals surface area (Å²) in [7, 11) is 0. The molecule has 3 rings (SSSR count). The van der Waals surface area contributed by atoms with Crippen molar-refractivity contribution >= 4 is 34.5 Å². The van der Waals surface area contributed by atoms with E-state index in [4.69, 9.17) is 5.11 Å². The molecule has 0 aliphatic carbocycles. The topological polar surface area (TPSA) is 70.0 Å². The molecule has 134 valence electrons. The third kappa shape index (κ3) is 4.49. The highest BCUT2D eigenvalue weighted by atomic mass is 32.2. The van der Waals surface area contributed by atoms with Gasteiger partial charge in [0.05, 0.1) is 12.1 Å². The van der Waals surface area contributed by atoms with Gasteiger partial charge < -0.3 is 5.11 Å². The van der Waals surface area contributed by atoms with Gasteiger partial charge in [-0.15, -0.1) is 0 Å². The van der Waals surface area contributed by atoms with E-state index in [1.807, 2.05) is 30.3 Å². The summed E-state index contributed by atoms with van der Waals surface area (Å²) in [6.07, 6.45) is 0.378. The van der Waals surface area contributed by atoms with Crippen LogP contribution in [-0.2, 0) is 16.0 Å². The Hall–Kier alpha value is -2.67. The lowest BCUT2D eigenvalue weighted by Crippen LogP contribution is -2.34. The Labute approximate surface area is 154 Å². The molecule has 1 fully saturated rings. The first-order chi connectivity index (χ1) is 12.5. The number of carbonyl (C=O) groups excluding carboxylic acids is 1. The number of nitrogens with zero attached hydrogens (tertiary/aromatic N) is 2. The van der Waals surface area contributed by atoms with Gasteiger partial charge in [-0.05, 0) is 36.2 Å². The second kappa shape index (κ2) is 8.14. The number of aliphatic imine (C=N–C) groups is 1. The smallest absolute Gasteiger partial charge is 0.305 e. The monoisotopic (exact) mass is 372 g/mol. The summed E-state index contributed by atoms with van der Waals surface area (Å²) >= 11 is 1.14. The van der Waals surface area contributed by atoms with Gasteiger partial charge in [-0.1, -0.05) is 42.1 Å². The number of carboxylic acid groups (broad SMARTS) is 1. The molecule has 1 atom stereocenters. The van der Waals surface area contributed by atoms with E-state index in [1.165, 1.54) is 29.2 Å². The molecule has 1 amide bonds. The Morgan fingerprint density at radius 3 is 2.50 bits per heavy atom. The molecule has 0 bridgehead atoms. The van der Waals surface area contributed by atoms with Crippen LogP contribution in [0, 0.1) is 5.82 Å². The molecule has 2 aromatic rings. The lowest BCUT2D eigenvalue weighted by molar-refractivity contribution is -0.139. The van der Waals surface area contributed by atoms with Crippen LogP contribution in [0.2, 0.25) is 0 Å². The van der Waals surface area contributed by atoms with Crippen molar-refractivity contribution in [1.29, 1.82) is 0 Å². The van der Waals surface area contributed by atoms with Crippen molar-refractivity contribution in [3.8, 4) is 0 Å². The van der Waals surface area contributed by atoms with Crippen LogP contribution in [0.3, 0.4) is 0 Å². The summed E-state index contributed by atoms with van der Waals surface area (Å²) in [5, 5.41) is 8.78. The summed E-state index contributed by atoms with van der Waals surface area (Å²) in [5.41, 5.74) is 1.59. The molecule has 2 aromatic carbocycles. The molecule has 0 spiro atoms. The number of thioether (sulfide) groups is 1. The molecule has 0 aromatic heterocycles. The largest absolute Gasteiger partial charge is 0.481 e. The van der Waals surface area contributed by atoms with Crippen LogP contribution in [0.25, 0.3) is 0 Å². The molecule has 1 aliphatic heterocycles. The number of rotatable bonds is 6. The lowest BCUT2D eigenvalue weighted by atomic mass is 10.1. The highest BCUT2D eigenvalue weighted by Crippen LogP contribution is 2.31. The fraction of sp³-hybridized carbons (Fsp3) is 0.211. The predicted molar refractivity (Wildman–Crippen MR) is 99.0 cm³/mol. The molecular formula is C19H17FN2O3S. The van der Waals surface area contributed by atoms with Crippen molar-refractivity contribution in [3.63, 3.8) is 0 Å². The number of halogens is 1. The molecule has 0 saturated carbocycles. The number of benzene rings is 2. The number of carbonyl (C=O) groups is 2. The Bertz CT molecular complexity index is 824. The van der Waals surface area contributed by atoms with Gasteiger partial charge in [0, 0.05) is 6.54 Å². The zero-order valence-corrected chi connectivity index (χ0v) is 14.7. The van der Waals surface area contributed by atoms with Crippen molar-refractivity contribution in [1.82, 2.24) is 4.90 Å². The van der Waals surface area contributed by atoms with Gasteiger partial charge in [0.15, 0.2) is 5.17 Å². The molecule has 1 N–H and O–H groups in total. The number of hydrogen-bond donors (Lipinski definition) is 1. The van der Waals surface area contributed by atoms with Crippen LogP contribution in [0.4, 0.5) is 10.1 Å². The third-order valence-corrected chi connectivity index (χ3v) is 5.07. The maximum absolute atomic E-state index is 13.1. The Morgan fingerprint density at radius 1 is 1.15 bits per heavy atom. The summed E-state index contributed by atoms with van der Waals surface area (Å²) in [4.78, 5) is 29.6. The highest BCUT2D eigenvalue weighted by Gasteiger charge is 2.38. The number of amidine groups is 1. The SMILES string of the molecule is O=C(O)CC1SC(=Nc2ccc(F)cc2)N(CCc2ccccc2)C1=O. The summed E-state index contributed by atoms with van der Waals surface area (Å²) in [6.45, 7) is 0.409. The van der Waals surface area contributed by atoms with E-state index in [1.54, 1.807) is 0 Å². The second-order valence-corrected chi connectivity index (χ2v) is 6.97. The molecule has 5 nitrogen and oxygen atoms in total. The first-order valence-corrected chi connectivity index (χ1v) is 8.99. The van der Waals surface area contributed by atoms with Crippen molar-refractivity contribution in [2.45, 2.75) is 18.1 Å². The molecule has 1 saturated heterocycles. The minimum Gasteiger partial charge on any atom is -0.481 e. The van der Waals surface area contributed by atoms with E-state index >= 15 is 0 Å². The number of hydrogen-bond acceptors (Lipinski definition) is 4. The summed E-state index contributed by atoms with van der Waals surface area (Å²) < 4.78 is 13.1. The second-order valence-electron chi connectivity index (χ2n) is 5.80. The van der Waals surface area contributed by atoms with Crippen molar-refractivity contribution in [2.24, 2.45) is 4.99 Å². The van der Waals surface area contributed by atoms with Crippen molar-refractivity contribution in [3.05, 3.63) is 66.0 Å². The molecule has 26 heavy (non-hydrogen) atoms. The Morgan fingerprint density at radius 2 is 1.85 bits per heavy atom. The van der Waals surface area contributed by atoms with E-state index < -0.39 is 11.2 Å². The maximum Gasteiger partial charge on any atom is 0.305 e. The molecule has 1 heterocycles. The zero-order valence-electron chi connectivity index (χ0n) is 13.8. The number of aliphatic carboxylic acids is 1. The predicted octanol–water partition coefficient (Wildman–Crippen LogP) is 3.47. The van der Waals surface area contributed by atoms with E-state index in [-0.39, 0.29) is 18.1 Å². The average molecular weight is 372 g/mol. The fourth-order valence-corrected chi connectivity index (χ4v) is 3.78. The minimum atomic E-state index is -1.03. The van der Waals surface area contributed by atoms with Crippen LogP contribution in [0.15, 0.2) is 59.6 Å². The quantitative estimate of drug-likeness (QED) is 0.843. The van der Waals surface area contributed by atoms with Gasteiger partial charge in [-0.25, -0.2) is 9.38 Å². The first kappa shape index (κ1) is 18.1. The van der Waals surface area contributed by atoms with Gasteiger partial charge in [0.2, 0.25) is 5.91 Å². The van der Waals surface area contributed by atoms with E-state index in [2.05, 4.69) is 4.99 Å². The zero-order chi connectivity index (χ0) is 18.5. The lowest BCUT2D eigenvalue weighted by Gasteiger charge is -2.16. The third-order valence-electron chi connectivity index (χ3n) is 3.90. The Kier molecular flexibility index (Phi) is 5.68. The van der Waals surface area contributed by atoms with Gasteiger partial charge in [-0.2, -0.15) is 0 Å². The molecule has 1 aliphatic rings. The minimum absolute atomic E-state index is 0.255.